The topological polar surface area (TPSA) is 75.6 Å². The monoisotopic (exact) mass is 217 g/mol. The molecule has 15 heavy (non-hydrogen) atoms. The van der Waals surface area contributed by atoms with Gasteiger partial charge in [0, 0.05) is 0 Å². The largest absolute Gasteiger partial charge is 0.480 e. The Morgan fingerprint density at radius 3 is 2.00 bits per heavy atom. The van der Waals surface area contributed by atoms with Crippen molar-refractivity contribution in [3.8, 4) is 0 Å². The van der Waals surface area contributed by atoms with E-state index in [1.54, 1.807) is 20.8 Å². The highest BCUT2D eigenvalue weighted by molar-refractivity contribution is 5.79. The first kappa shape index (κ1) is 13.9. The zero-order chi connectivity index (χ0) is 12.3. The van der Waals surface area contributed by atoms with Gasteiger partial charge in [0.1, 0.15) is 11.1 Å². The van der Waals surface area contributed by atoms with E-state index in [-0.39, 0.29) is 6.54 Å². The van der Waals surface area contributed by atoms with Crippen LogP contribution < -0.4 is 5.32 Å². The van der Waals surface area contributed by atoms with Crippen LogP contribution in [0.25, 0.3) is 0 Å². The number of carbonyl (C=O) groups is 2. The van der Waals surface area contributed by atoms with E-state index in [4.69, 9.17) is 9.84 Å². The number of carboxylic acid groups (broad SMARTS) is 1. The third-order valence-corrected chi connectivity index (χ3v) is 1.63. The quantitative estimate of drug-likeness (QED) is 0.681. The minimum atomic E-state index is -1.13. The Morgan fingerprint density at radius 2 is 1.67 bits per heavy atom. The molecule has 0 atom stereocenters. The lowest BCUT2D eigenvalue weighted by Gasteiger charge is -2.23. The van der Waals surface area contributed by atoms with Crippen LogP contribution in [-0.4, -0.2) is 34.7 Å². The predicted molar refractivity (Wildman–Crippen MR) is 55.6 cm³/mol. The SMILES string of the molecule is CC(C)(C)OC(=O)CNC(C)(C)C(=O)O. The van der Waals surface area contributed by atoms with Gasteiger partial charge in [0.05, 0.1) is 6.54 Å². The third kappa shape index (κ3) is 6.06. The first-order chi connectivity index (χ1) is 6.54. The second-order valence-corrected chi connectivity index (χ2v) is 4.87. The molecular weight excluding hydrogens is 198 g/mol. The Hall–Kier alpha value is -1.10. The number of esters is 1. The summed E-state index contributed by atoms with van der Waals surface area (Å²) in [5, 5.41) is 11.4. The molecule has 0 spiro atoms. The van der Waals surface area contributed by atoms with Crippen molar-refractivity contribution in [2.24, 2.45) is 0 Å². The smallest absolute Gasteiger partial charge is 0.323 e. The van der Waals surface area contributed by atoms with Gasteiger partial charge in [-0.2, -0.15) is 0 Å². The van der Waals surface area contributed by atoms with Crippen molar-refractivity contribution in [3.63, 3.8) is 0 Å². The van der Waals surface area contributed by atoms with Gasteiger partial charge in [-0.3, -0.25) is 14.9 Å². The molecular formula is C10H19NO4. The number of carboxylic acids is 1. The Labute approximate surface area is 89.8 Å². The van der Waals surface area contributed by atoms with E-state index in [1.165, 1.54) is 13.8 Å². The first-order valence-electron chi connectivity index (χ1n) is 4.75. The van der Waals surface area contributed by atoms with Crippen LogP contribution in [0, 0.1) is 0 Å². The summed E-state index contributed by atoms with van der Waals surface area (Å²) >= 11 is 0. The molecule has 0 bridgehead atoms. The number of nitrogens with one attached hydrogen (secondary N) is 1. The average Bonchev–Trinajstić information content (AvgIpc) is 1.97. The van der Waals surface area contributed by atoms with Crippen LogP contribution in [0.15, 0.2) is 0 Å². The van der Waals surface area contributed by atoms with Crippen molar-refractivity contribution in [2.45, 2.75) is 45.8 Å². The number of ether oxygens (including phenoxy) is 1. The van der Waals surface area contributed by atoms with Gasteiger partial charge in [0.2, 0.25) is 0 Å². The highest BCUT2D eigenvalue weighted by Gasteiger charge is 2.27. The molecule has 2 N–H and O–H groups in total. The minimum Gasteiger partial charge on any atom is -0.480 e. The van der Waals surface area contributed by atoms with E-state index < -0.39 is 23.1 Å². The summed E-state index contributed by atoms with van der Waals surface area (Å²) in [5.41, 5.74) is -1.68. The third-order valence-electron chi connectivity index (χ3n) is 1.63. The fourth-order valence-corrected chi connectivity index (χ4v) is 0.746. The second kappa shape index (κ2) is 4.61. The molecule has 0 rings (SSSR count). The summed E-state index contributed by atoms with van der Waals surface area (Å²) in [7, 11) is 0. The first-order valence-corrected chi connectivity index (χ1v) is 4.75. The average molecular weight is 217 g/mol. The number of carbonyl (C=O) groups excluding carboxylic acids is 1. The minimum absolute atomic E-state index is 0.115. The van der Waals surface area contributed by atoms with Crippen molar-refractivity contribution >= 4 is 11.9 Å². The zero-order valence-electron chi connectivity index (χ0n) is 9.88. The maximum atomic E-state index is 11.3. The van der Waals surface area contributed by atoms with Crippen molar-refractivity contribution in [1.29, 1.82) is 0 Å². The Kier molecular flexibility index (Phi) is 4.27. The fraction of sp³-hybridized carbons (Fsp3) is 0.800. The lowest BCUT2D eigenvalue weighted by molar-refractivity contribution is -0.154. The molecule has 0 aromatic heterocycles. The van der Waals surface area contributed by atoms with Crippen LogP contribution in [0.3, 0.4) is 0 Å². The van der Waals surface area contributed by atoms with Gasteiger partial charge < -0.3 is 9.84 Å². The summed E-state index contributed by atoms with van der Waals surface area (Å²) in [4.78, 5) is 22.0. The van der Waals surface area contributed by atoms with Crippen molar-refractivity contribution in [2.75, 3.05) is 6.54 Å². The Balaban J connectivity index is 4.07. The Bertz CT molecular complexity index is 253. The van der Waals surface area contributed by atoms with Gasteiger partial charge in [-0.05, 0) is 34.6 Å². The van der Waals surface area contributed by atoms with Crippen LogP contribution in [0.1, 0.15) is 34.6 Å². The molecule has 0 unspecified atom stereocenters. The number of hydrogen-bond acceptors (Lipinski definition) is 4. The molecule has 0 aromatic carbocycles. The van der Waals surface area contributed by atoms with Crippen LogP contribution >= 0.6 is 0 Å². The highest BCUT2D eigenvalue weighted by atomic mass is 16.6. The maximum Gasteiger partial charge on any atom is 0.323 e. The fourth-order valence-electron chi connectivity index (χ4n) is 0.746. The van der Waals surface area contributed by atoms with Crippen molar-refractivity contribution < 1.29 is 19.4 Å². The molecule has 0 saturated heterocycles. The summed E-state index contributed by atoms with van der Waals surface area (Å²) in [6.07, 6.45) is 0. The van der Waals surface area contributed by atoms with Crippen molar-refractivity contribution in [1.82, 2.24) is 5.32 Å². The molecule has 0 aromatic rings. The summed E-state index contributed by atoms with van der Waals surface area (Å²) in [6.45, 7) is 8.13. The predicted octanol–water partition coefficient (Wildman–Crippen LogP) is 0.781. The molecule has 0 amide bonds. The molecule has 0 aliphatic carbocycles. The van der Waals surface area contributed by atoms with E-state index in [2.05, 4.69) is 5.32 Å². The van der Waals surface area contributed by atoms with Gasteiger partial charge in [-0.15, -0.1) is 0 Å². The van der Waals surface area contributed by atoms with Gasteiger partial charge in [-0.25, -0.2) is 0 Å². The molecule has 0 radical (unpaired) electrons. The summed E-state index contributed by atoms with van der Waals surface area (Å²) < 4.78 is 5.02. The van der Waals surface area contributed by atoms with Gasteiger partial charge >= 0.3 is 11.9 Å². The van der Waals surface area contributed by atoms with E-state index in [1.807, 2.05) is 0 Å². The molecule has 0 saturated carbocycles. The van der Waals surface area contributed by atoms with Crippen LogP contribution in [0.2, 0.25) is 0 Å². The van der Waals surface area contributed by atoms with E-state index >= 15 is 0 Å². The molecule has 0 aliphatic heterocycles. The maximum absolute atomic E-state index is 11.3. The lowest BCUT2D eigenvalue weighted by Crippen LogP contribution is -2.49. The van der Waals surface area contributed by atoms with Crippen molar-refractivity contribution in [3.05, 3.63) is 0 Å². The number of hydrogen-bond donors (Lipinski definition) is 2. The standard InChI is InChI=1S/C10H19NO4/c1-9(2,3)15-7(12)6-11-10(4,5)8(13)14/h11H,6H2,1-5H3,(H,13,14). The van der Waals surface area contributed by atoms with E-state index in [0.29, 0.717) is 0 Å². The Morgan fingerprint density at radius 1 is 1.20 bits per heavy atom. The normalized spacial score (nSPS) is 12.3. The molecule has 0 aliphatic rings. The highest BCUT2D eigenvalue weighted by Crippen LogP contribution is 2.07. The van der Waals surface area contributed by atoms with Gasteiger partial charge in [-0.1, -0.05) is 0 Å². The van der Waals surface area contributed by atoms with Gasteiger partial charge in [0.15, 0.2) is 0 Å². The molecule has 0 heterocycles. The summed E-state index contributed by atoms with van der Waals surface area (Å²) in [5.74, 6) is -1.47. The van der Waals surface area contributed by atoms with Crippen LogP contribution in [0.4, 0.5) is 0 Å². The molecule has 88 valence electrons. The van der Waals surface area contributed by atoms with E-state index in [0.717, 1.165) is 0 Å². The number of rotatable bonds is 4. The van der Waals surface area contributed by atoms with Crippen LogP contribution in [0.5, 0.6) is 0 Å². The molecule has 5 nitrogen and oxygen atoms in total. The second-order valence-electron chi connectivity index (χ2n) is 4.87. The number of aliphatic carboxylic acids is 1. The summed E-state index contributed by atoms with van der Waals surface area (Å²) in [6, 6.07) is 0. The van der Waals surface area contributed by atoms with E-state index in [9.17, 15) is 9.59 Å². The van der Waals surface area contributed by atoms with Gasteiger partial charge in [0.25, 0.3) is 0 Å². The lowest BCUT2D eigenvalue weighted by atomic mass is 10.1. The zero-order valence-corrected chi connectivity index (χ0v) is 9.88. The van der Waals surface area contributed by atoms with Crippen LogP contribution in [-0.2, 0) is 14.3 Å². The molecule has 0 fully saturated rings. The molecule has 5 heteroatoms.